The Kier molecular flexibility index (Phi) is 5.85. The van der Waals surface area contributed by atoms with Crippen molar-refractivity contribution in [1.29, 1.82) is 0 Å². The van der Waals surface area contributed by atoms with Gasteiger partial charge in [0.2, 0.25) is 0 Å². The van der Waals surface area contributed by atoms with Crippen LogP contribution in [-0.2, 0) is 0 Å². The maximum atomic E-state index is 5.62. The van der Waals surface area contributed by atoms with Gasteiger partial charge in [0.05, 0.1) is 17.1 Å². The van der Waals surface area contributed by atoms with Gasteiger partial charge in [-0.3, -0.25) is 4.40 Å². The molecule has 2 aromatic heterocycles. The Hall–Kier alpha value is -5.99. The lowest BCUT2D eigenvalue weighted by Gasteiger charge is -2.21. The molecule has 0 unspecified atom stereocenters. The molecule has 45 heavy (non-hydrogen) atoms. The molecule has 0 N–H and O–H groups in total. The third-order valence-corrected chi connectivity index (χ3v) is 8.95. The number of benzene rings is 7. The first-order valence-corrected chi connectivity index (χ1v) is 15.4. The van der Waals surface area contributed by atoms with Crippen molar-refractivity contribution < 1.29 is 0 Å². The van der Waals surface area contributed by atoms with E-state index in [0.29, 0.717) is 0 Å². The minimum absolute atomic E-state index is 0.950. The number of hydrogen-bond donors (Lipinski definition) is 0. The third kappa shape index (κ3) is 3.93. The van der Waals surface area contributed by atoms with Crippen LogP contribution in [0.3, 0.4) is 0 Å². The number of nitrogens with zero attached hydrogens (tertiary/aromatic N) is 2. The molecule has 7 aromatic carbocycles. The van der Waals surface area contributed by atoms with Crippen molar-refractivity contribution in [3.63, 3.8) is 0 Å². The maximum Gasteiger partial charge on any atom is 0.147 e. The molecule has 0 spiro atoms. The zero-order chi connectivity index (χ0) is 29.7. The summed E-state index contributed by atoms with van der Waals surface area (Å²) in [6.45, 7) is 0. The minimum atomic E-state index is 0.950. The van der Waals surface area contributed by atoms with Crippen LogP contribution in [0.4, 0.5) is 0 Å². The van der Waals surface area contributed by atoms with Crippen molar-refractivity contribution in [2.45, 2.75) is 0 Å². The largest absolute Gasteiger partial charge is 0.290 e. The smallest absolute Gasteiger partial charge is 0.147 e. The lowest BCUT2D eigenvalue weighted by Crippen LogP contribution is -2.01. The summed E-state index contributed by atoms with van der Waals surface area (Å²) in [5.41, 5.74) is 9.83. The Morgan fingerprint density at radius 2 is 0.733 bits per heavy atom. The van der Waals surface area contributed by atoms with Crippen LogP contribution >= 0.6 is 0 Å². The van der Waals surface area contributed by atoms with Crippen LogP contribution in [0.2, 0.25) is 0 Å². The maximum absolute atomic E-state index is 5.62. The molecule has 0 bridgehead atoms. The molecule has 9 rings (SSSR count). The molecule has 0 atom stereocenters. The molecule has 210 valence electrons. The SMILES string of the molecule is c1ccc(-c2nc3c(-c4ccccc4)c4c5ccccc5c5ccccc5c4c(-c4ccccc4)n3c2-c2ccccc2)cc1. The first kappa shape index (κ1) is 25.5. The van der Waals surface area contributed by atoms with E-state index in [0.717, 1.165) is 50.5 Å². The van der Waals surface area contributed by atoms with Gasteiger partial charge in [-0.05, 0) is 32.7 Å². The fraction of sp³-hybridized carbons (Fsp3) is 0. The molecular formula is C43H28N2. The van der Waals surface area contributed by atoms with Gasteiger partial charge in [0, 0.05) is 27.5 Å². The fourth-order valence-electron chi connectivity index (χ4n) is 7.08. The van der Waals surface area contributed by atoms with Crippen LogP contribution in [0, 0.1) is 0 Å². The van der Waals surface area contributed by atoms with E-state index in [-0.39, 0.29) is 0 Å². The van der Waals surface area contributed by atoms with Crippen LogP contribution in [0.5, 0.6) is 0 Å². The molecule has 2 heterocycles. The standard InChI is InChI=1S/C43H28N2/c1-5-17-29(18-6-1)37-38-35-27-15-13-25-33(35)34-26-14-16-28-36(34)39(38)41(31-21-9-3-10-22-31)45-42(32-23-11-4-12-24-32)40(44-43(37)45)30-19-7-2-8-20-30/h1-28H. The minimum Gasteiger partial charge on any atom is -0.290 e. The van der Waals surface area contributed by atoms with E-state index in [9.17, 15) is 0 Å². The van der Waals surface area contributed by atoms with E-state index in [1.807, 2.05) is 0 Å². The van der Waals surface area contributed by atoms with E-state index in [1.165, 1.54) is 32.3 Å². The van der Waals surface area contributed by atoms with Gasteiger partial charge in [-0.1, -0.05) is 170 Å². The summed E-state index contributed by atoms with van der Waals surface area (Å²) in [7, 11) is 0. The van der Waals surface area contributed by atoms with Crippen molar-refractivity contribution in [2.24, 2.45) is 0 Å². The van der Waals surface area contributed by atoms with Gasteiger partial charge in [0.25, 0.3) is 0 Å². The van der Waals surface area contributed by atoms with Gasteiger partial charge >= 0.3 is 0 Å². The van der Waals surface area contributed by atoms with Gasteiger partial charge in [0.1, 0.15) is 5.65 Å². The number of hydrogen-bond acceptors (Lipinski definition) is 1. The molecule has 0 aliphatic carbocycles. The summed E-state index contributed by atoms with van der Waals surface area (Å²) >= 11 is 0. The number of aromatic nitrogens is 2. The molecule has 9 aromatic rings. The first-order chi connectivity index (χ1) is 22.4. The highest BCUT2D eigenvalue weighted by molar-refractivity contribution is 6.32. The van der Waals surface area contributed by atoms with Gasteiger partial charge in [0.15, 0.2) is 0 Å². The molecule has 0 aliphatic heterocycles. The van der Waals surface area contributed by atoms with Crippen molar-refractivity contribution in [1.82, 2.24) is 9.38 Å². The second kappa shape index (κ2) is 10.3. The molecular weight excluding hydrogens is 544 g/mol. The third-order valence-electron chi connectivity index (χ3n) is 8.95. The predicted molar refractivity (Wildman–Crippen MR) is 189 cm³/mol. The van der Waals surface area contributed by atoms with E-state index >= 15 is 0 Å². The highest BCUT2D eigenvalue weighted by Crippen LogP contribution is 2.49. The predicted octanol–water partition coefficient (Wildman–Crippen LogP) is 11.5. The van der Waals surface area contributed by atoms with Gasteiger partial charge < -0.3 is 0 Å². The molecule has 0 fully saturated rings. The molecule has 0 radical (unpaired) electrons. The Bertz CT molecular complexity index is 2500. The summed E-state index contributed by atoms with van der Waals surface area (Å²) in [5.74, 6) is 0. The van der Waals surface area contributed by atoms with E-state index in [1.54, 1.807) is 0 Å². The summed E-state index contributed by atoms with van der Waals surface area (Å²) < 4.78 is 2.44. The molecule has 0 saturated heterocycles. The Morgan fingerprint density at radius 3 is 1.27 bits per heavy atom. The van der Waals surface area contributed by atoms with Crippen LogP contribution in [0.25, 0.3) is 82.9 Å². The molecule has 0 saturated carbocycles. The quantitative estimate of drug-likeness (QED) is 0.192. The summed E-state index contributed by atoms with van der Waals surface area (Å²) in [6, 6.07) is 60.7. The Labute approximate surface area is 261 Å². The van der Waals surface area contributed by atoms with Crippen molar-refractivity contribution >= 4 is 38.0 Å². The average Bonchev–Trinajstić information content (AvgIpc) is 3.52. The zero-order valence-electron chi connectivity index (χ0n) is 24.6. The van der Waals surface area contributed by atoms with Crippen molar-refractivity contribution in [2.75, 3.05) is 0 Å². The van der Waals surface area contributed by atoms with Gasteiger partial charge in [-0.25, -0.2) is 4.98 Å². The average molecular weight is 573 g/mol. The van der Waals surface area contributed by atoms with Crippen molar-refractivity contribution in [3.05, 3.63) is 170 Å². The Balaban J connectivity index is 1.66. The van der Waals surface area contributed by atoms with Crippen LogP contribution in [0.1, 0.15) is 0 Å². The number of imidazole rings is 1. The molecule has 2 heteroatoms. The highest BCUT2D eigenvalue weighted by Gasteiger charge is 2.27. The lowest BCUT2D eigenvalue weighted by molar-refractivity contribution is 1.22. The lowest BCUT2D eigenvalue weighted by atomic mass is 9.87. The van der Waals surface area contributed by atoms with E-state index in [2.05, 4.69) is 174 Å². The van der Waals surface area contributed by atoms with Crippen LogP contribution < -0.4 is 0 Å². The fourth-order valence-corrected chi connectivity index (χ4v) is 7.08. The van der Waals surface area contributed by atoms with Gasteiger partial charge in [-0.2, -0.15) is 0 Å². The topological polar surface area (TPSA) is 17.3 Å². The van der Waals surface area contributed by atoms with Crippen LogP contribution in [0.15, 0.2) is 170 Å². The number of rotatable bonds is 4. The van der Waals surface area contributed by atoms with Gasteiger partial charge in [-0.15, -0.1) is 0 Å². The molecule has 0 amide bonds. The van der Waals surface area contributed by atoms with Crippen LogP contribution in [-0.4, -0.2) is 9.38 Å². The number of fused-ring (bicyclic) bond motifs is 7. The number of pyridine rings is 1. The monoisotopic (exact) mass is 572 g/mol. The van der Waals surface area contributed by atoms with Crippen molar-refractivity contribution in [3.8, 4) is 44.9 Å². The summed E-state index contributed by atoms with van der Waals surface area (Å²) in [6.07, 6.45) is 0. The normalized spacial score (nSPS) is 11.6. The highest BCUT2D eigenvalue weighted by atomic mass is 15.0. The molecule has 0 aliphatic rings. The Morgan fingerprint density at radius 1 is 0.333 bits per heavy atom. The second-order valence-corrected chi connectivity index (χ2v) is 11.5. The summed E-state index contributed by atoms with van der Waals surface area (Å²) in [4.78, 5) is 5.62. The zero-order valence-corrected chi connectivity index (χ0v) is 24.6. The first-order valence-electron chi connectivity index (χ1n) is 15.4. The second-order valence-electron chi connectivity index (χ2n) is 11.5. The molecule has 2 nitrogen and oxygen atoms in total. The van der Waals surface area contributed by atoms with E-state index in [4.69, 9.17) is 4.98 Å². The summed E-state index contributed by atoms with van der Waals surface area (Å²) in [5, 5.41) is 7.43. The van der Waals surface area contributed by atoms with E-state index < -0.39 is 0 Å².